The molecular formula is C17H21N7S. The maximum Gasteiger partial charge on any atom is 0.180 e. The summed E-state index contributed by atoms with van der Waals surface area (Å²) in [5.41, 5.74) is 2.97. The van der Waals surface area contributed by atoms with Crippen LogP contribution in [0.25, 0.3) is 16.9 Å². The van der Waals surface area contributed by atoms with Gasteiger partial charge in [-0.3, -0.25) is 13.8 Å². The van der Waals surface area contributed by atoms with Gasteiger partial charge < -0.3 is 5.32 Å². The van der Waals surface area contributed by atoms with Crippen molar-refractivity contribution in [2.24, 2.45) is 12.5 Å². The molecule has 130 valence electrons. The quantitative estimate of drug-likeness (QED) is 0.704. The smallest absolute Gasteiger partial charge is 0.180 e. The highest BCUT2D eigenvalue weighted by molar-refractivity contribution is 8.01. The number of aromatic nitrogens is 5. The Balaban J connectivity index is 1.67. The van der Waals surface area contributed by atoms with E-state index < -0.39 is 0 Å². The molecule has 0 saturated heterocycles. The van der Waals surface area contributed by atoms with Crippen molar-refractivity contribution in [3.63, 3.8) is 0 Å². The molecule has 0 aliphatic carbocycles. The highest BCUT2D eigenvalue weighted by Crippen LogP contribution is 2.32. The number of fused-ring (bicyclic) bond motifs is 1. The van der Waals surface area contributed by atoms with Gasteiger partial charge >= 0.3 is 0 Å². The number of nitrogens with one attached hydrogen (secondary N) is 2. The molecule has 0 saturated carbocycles. The molecule has 3 aromatic heterocycles. The summed E-state index contributed by atoms with van der Waals surface area (Å²) >= 11 is 1.60. The van der Waals surface area contributed by atoms with Gasteiger partial charge in [-0.2, -0.15) is 5.10 Å². The van der Waals surface area contributed by atoms with Gasteiger partial charge in [-0.05, 0) is 23.4 Å². The van der Waals surface area contributed by atoms with Crippen LogP contribution < -0.4 is 10.0 Å². The molecule has 1 unspecified atom stereocenters. The Morgan fingerprint density at radius 2 is 2.08 bits per heavy atom. The largest absolute Gasteiger partial charge is 0.331 e. The molecule has 0 amide bonds. The van der Waals surface area contributed by atoms with E-state index in [-0.39, 0.29) is 5.41 Å². The molecule has 1 atom stereocenters. The van der Waals surface area contributed by atoms with Gasteiger partial charge in [0.05, 0.1) is 23.1 Å². The Morgan fingerprint density at radius 3 is 2.76 bits per heavy atom. The summed E-state index contributed by atoms with van der Waals surface area (Å²) < 4.78 is 7.26. The number of hydrogen-bond donors (Lipinski definition) is 2. The Morgan fingerprint density at radius 1 is 1.24 bits per heavy atom. The predicted molar refractivity (Wildman–Crippen MR) is 101 cm³/mol. The molecule has 3 aromatic rings. The van der Waals surface area contributed by atoms with Gasteiger partial charge in [0.1, 0.15) is 0 Å². The lowest BCUT2D eigenvalue weighted by Crippen LogP contribution is -2.31. The number of nitrogens with zero attached hydrogens (tertiary/aromatic N) is 5. The standard InChI is InChI=1S/C17H21N7S/c1-17(2,3)13-7-14(25-22-13)21-15-16-19-9-12(24(16)6-5-18-15)11-8-20-23(4)10-11/h5-10,13,22H,1-4H3,(H,18,21). The van der Waals surface area contributed by atoms with E-state index in [1.54, 1.807) is 22.8 Å². The second-order valence-corrected chi connectivity index (χ2v) is 8.11. The van der Waals surface area contributed by atoms with E-state index in [0.717, 1.165) is 27.8 Å². The highest BCUT2D eigenvalue weighted by Gasteiger charge is 2.28. The van der Waals surface area contributed by atoms with Crippen molar-refractivity contribution in [2.45, 2.75) is 26.8 Å². The first-order chi connectivity index (χ1) is 11.9. The van der Waals surface area contributed by atoms with Crippen LogP contribution in [-0.4, -0.2) is 30.2 Å². The molecule has 0 aromatic carbocycles. The molecular weight excluding hydrogens is 334 g/mol. The van der Waals surface area contributed by atoms with Crippen molar-refractivity contribution in [3.8, 4) is 11.3 Å². The molecule has 0 spiro atoms. The zero-order valence-electron chi connectivity index (χ0n) is 14.7. The third-order valence-electron chi connectivity index (χ3n) is 4.22. The number of aryl methyl sites for hydroxylation is 1. The molecule has 8 heteroatoms. The Kier molecular flexibility index (Phi) is 3.81. The molecule has 1 aliphatic rings. The normalized spacial score (nSPS) is 17.9. The Bertz CT molecular complexity index is 947. The van der Waals surface area contributed by atoms with Crippen molar-refractivity contribution in [1.29, 1.82) is 0 Å². The van der Waals surface area contributed by atoms with Crippen LogP contribution in [-0.2, 0) is 7.05 Å². The van der Waals surface area contributed by atoms with Crippen LogP contribution in [0.4, 0.5) is 5.82 Å². The first-order valence-electron chi connectivity index (χ1n) is 8.14. The average Bonchev–Trinajstić information content (AvgIpc) is 3.25. The Hall–Kier alpha value is -2.32. The third-order valence-corrected chi connectivity index (χ3v) is 5.05. The van der Waals surface area contributed by atoms with Crippen molar-refractivity contribution in [3.05, 3.63) is 42.1 Å². The van der Waals surface area contributed by atoms with Crippen LogP contribution in [0.3, 0.4) is 0 Å². The number of imidazole rings is 1. The minimum atomic E-state index is 0.163. The third kappa shape index (κ3) is 3.03. The van der Waals surface area contributed by atoms with E-state index in [0.29, 0.717) is 6.04 Å². The van der Waals surface area contributed by atoms with E-state index in [4.69, 9.17) is 0 Å². The minimum Gasteiger partial charge on any atom is -0.331 e. The number of rotatable bonds is 3. The van der Waals surface area contributed by atoms with Crippen molar-refractivity contribution in [1.82, 2.24) is 28.9 Å². The minimum absolute atomic E-state index is 0.163. The van der Waals surface area contributed by atoms with Crippen LogP contribution in [0, 0.1) is 5.41 Å². The van der Waals surface area contributed by atoms with Crippen molar-refractivity contribution < 1.29 is 0 Å². The molecule has 4 rings (SSSR count). The van der Waals surface area contributed by atoms with E-state index in [2.05, 4.69) is 52.0 Å². The molecule has 1 aliphatic heterocycles. The fourth-order valence-corrected chi connectivity index (χ4v) is 3.76. The average molecular weight is 355 g/mol. The number of hydrogen-bond acceptors (Lipinski definition) is 6. The lowest BCUT2D eigenvalue weighted by molar-refractivity contribution is 0.354. The van der Waals surface area contributed by atoms with Crippen LogP contribution >= 0.6 is 11.9 Å². The molecule has 0 bridgehead atoms. The van der Waals surface area contributed by atoms with Crippen molar-refractivity contribution >= 4 is 23.4 Å². The van der Waals surface area contributed by atoms with E-state index in [9.17, 15) is 0 Å². The maximum absolute atomic E-state index is 4.56. The van der Waals surface area contributed by atoms with Gasteiger partial charge in [0.15, 0.2) is 11.5 Å². The summed E-state index contributed by atoms with van der Waals surface area (Å²) in [7, 11) is 1.91. The zero-order chi connectivity index (χ0) is 17.6. The zero-order valence-corrected chi connectivity index (χ0v) is 15.5. The molecule has 0 radical (unpaired) electrons. The first kappa shape index (κ1) is 16.2. The van der Waals surface area contributed by atoms with Crippen LogP contribution in [0.15, 0.2) is 42.1 Å². The second kappa shape index (κ2) is 5.89. The van der Waals surface area contributed by atoms with Crippen molar-refractivity contribution in [2.75, 3.05) is 5.32 Å². The van der Waals surface area contributed by atoms with Gasteiger partial charge in [0.2, 0.25) is 0 Å². The molecule has 4 heterocycles. The topological polar surface area (TPSA) is 72.1 Å². The Labute approximate surface area is 150 Å². The van der Waals surface area contributed by atoms with Gasteiger partial charge in [0.25, 0.3) is 0 Å². The lowest BCUT2D eigenvalue weighted by atomic mass is 9.87. The van der Waals surface area contributed by atoms with Gasteiger partial charge in [0, 0.05) is 37.2 Å². The molecule has 7 nitrogen and oxygen atoms in total. The summed E-state index contributed by atoms with van der Waals surface area (Å²) in [4.78, 5) is 9.03. The monoisotopic (exact) mass is 355 g/mol. The van der Waals surface area contributed by atoms with Gasteiger partial charge in [-0.1, -0.05) is 20.8 Å². The summed E-state index contributed by atoms with van der Waals surface area (Å²) in [6.07, 6.45) is 11.6. The summed E-state index contributed by atoms with van der Waals surface area (Å²) in [6, 6.07) is 0.311. The molecule has 0 fully saturated rings. The second-order valence-electron chi connectivity index (χ2n) is 7.24. The van der Waals surface area contributed by atoms with Crippen LogP contribution in [0.5, 0.6) is 0 Å². The fourth-order valence-electron chi connectivity index (χ4n) is 2.73. The lowest BCUT2D eigenvalue weighted by Gasteiger charge is -2.24. The molecule has 2 N–H and O–H groups in total. The van der Waals surface area contributed by atoms with Crippen LogP contribution in [0.1, 0.15) is 20.8 Å². The summed E-state index contributed by atoms with van der Waals surface area (Å²) in [5.74, 6) is 0.743. The fraction of sp³-hybridized carbons (Fsp3) is 0.353. The van der Waals surface area contributed by atoms with Gasteiger partial charge in [-0.25, -0.2) is 9.97 Å². The molecule has 25 heavy (non-hydrogen) atoms. The van der Waals surface area contributed by atoms with E-state index >= 15 is 0 Å². The summed E-state index contributed by atoms with van der Waals surface area (Å²) in [5, 5.41) is 8.69. The first-order valence-corrected chi connectivity index (χ1v) is 8.96. The highest BCUT2D eigenvalue weighted by atomic mass is 32.2. The van der Waals surface area contributed by atoms with E-state index in [1.165, 1.54) is 0 Å². The summed E-state index contributed by atoms with van der Waals surface area (Å²) in [6.45, 7) is 6.66. The van der Waals surface area contributed by atoms with Crippen LogP contribution in [0.2, 0.25) is 0 Å². The van der Waals surface area contributed by atoms with E-state index in [1.807, 2.05) is 36.2 Å². The predicted octanol–water partition coefficient (Wildman–Crippen LogP) is 3.05. The number of anilines is 1. The van der Waals surface area contributed by atoms with Gasteiger partial charge in [-0.15, -0.1) is 0 Å². The SMILES string of the molecule is Cn1cc(-c2cnc3c(NC4=CC(C(C)(C)C)NS4)nccn23)cn1. The maximum atomic E-state index is 4.56.